The van der Waals surface area contributed by atoms with E-state index in [0.29, 0.717) is 5.82 Å². The summed E-state index contributed by atoms with van der Waals surface area (Å²) in [7, 11) is 0. The first kappa shape index (κ1) is 8.36. The molecule has 0 aliphatic heterocycles. The van der Waals surface area contributed by atoms with Crippen LogP contribution >= 0.6 is 0 Å². The van der Waals surface area contributed by atoms with Crippen LogP contribution in [0, 0.1) is 0 Å². The lowest BCUT2D eigenvalue weighted by molar-refractivity contribution is 0.0687. The molecule has 0 unspecified atom stereocenters. The highest BCUT2D eigenvalue weighted by atomic mass is 16.4. The number of aromatic nitrogens is 4. The Balaban J connectivity index is 2.52. The fraction of sp³-hybridized carbons (Fsp3) is 0. The molecule has 2 aromatic rings. The smallest absolute Gasteiger partial charge is 0.356 e. The molecule has 2 rings (SSSR count). The topological polar surface area (TPSA) is 80.9 Å². The van der Waals surface area contributed by atoms with Crippen molar-refractivity contribution in [2.24, 2.45) is 0 Å². The zero-order valence-corrected chi connectivity index (χ0v) is 7.03. The minimum absolute atomic E-state index is 0.0105. The third-order valence-corrected chi connectivity index (χ3v) is 1.63. The molecule has 6 nitrogen and oxygen atoms in total. The molecule has 2 aromatic heterocycles. The van der Waals surface area contributed by atoms with E-state index in [0.717, 1.165) is 0 Å². The lowest BCUT2D eigenvalue weighted by atomic mass is 10.4. The Kier molecular flexibility index (Phi) is 1.94. The van der Waals surface area contributed by atoms with Crippen LogP contribution in [0.1, 0.15) is 10.5 Å². The van der Waals surface area contributed by atoms with E-state index in [1.807, 2.05) is 0 Å². The van der Waals surface area contributed by atoms with Crippen LogP contribution in [0.2, 0.25) is 0 Å². The van der Waals surface area contributed by atoms with Crippen molar-refractivity contribution >= 4 is 5.97 Å². The van der Waals surface area contributed by atoms with E-state index in [2.05, 4.69) is 15.3 Å². The average Bonchev–Trinajstić information content (AvgIpc) is 2.67. The summed E-state index contributed by atoms with van der Waals surface area (Å²) in [5, 5.41) is 15.9. The summed E-state index contributed by atoms with van der Waals surface area (Å²) < 4.78 is 1.17. The molecule has 0 spiro atoms. The zero-order chi connectivity index (χ0) is 9.97. The molecule has 0 aliphatic carbocycles. The van der Waals surface area contributed by atoms with Crippen molar-refractivity contribution in [3.05, 3.63) is 36.3 Å². The Morgan fingerprint density at radius 1 is 1.43 bits per heavy atom. The molecular weight excluding hydrogens is 184 g/mol. The molecule has 6 heteroatoms. The first-order valence-electron chi connectivity index (χ1n) is 3.84. The highest BCUT2D eigenvalue weighted by Crippen LogP contribution is 2.04. The van der Waals surface area contributed by atoms with Gasteiger partial charge in [0.2, 0.25) is 0 Å². The van der Waals surface area contributed by atoms with Crippen LogP contribution in [0.5, 0.6) is 0 Å². The van der Waals surface area contributed by atoms with Gasteiger partial charge in [-0.2, -0.15) is 4.68 Å². The monoisotopic (exact) mass is 190 g/mol. The molecule has 0 atom stereocenters. The highest BCUT2D eigenvalue weighted by Gasteiger charge is 2.12. The van der Waals surface area contributed by atoms with Crippen LogP contribution in [0.25, 0.3) is 5.82 Å². The molecule has 1 N–H and O–H groups in total. The van der Waals surface area contributed by atoms with E-state index < -0.39 is 5.97 Å². The number of carboxylic acid groups (broad SMARTS) is 1. The number of hydrogen-bond donors (Lipinski definition) is 1. The molecule has 0 saturated carbocycles. The standard InChI is InChI=1S/C8H6N4O2/c13-8(14)6-5-10-11-12(6)7-3-1-2-4-9-7/h1-5H,(H,13,14). The van der Waals surface area contributed by atoms with Crippen LogP contribution in [0.3, 0.4) is 0 Å². The minimum atomic E-state index is -1.08. The first-order chi connectivity index (χ1) is 6.79. The predicted octanol–water partition coefficient (Wildman–Crippen LogP) is 0.360. The number of carboxylic acids is 1. The van der Waals surface area contributed by atoms with Crippen molar-refractivity contribution in [1.82, 2.24) is 20.0 Å². The summed E-state index contributed by atoms with van der Waals surface area (Å²) in [4.78, 5) is 14.7. The molecule has 0 amide bonds. The zero-order valence-electron chi connectivity index (χ0n) is 7.03. The van der Waals surface area contributed by atoms with Crippen molar-refractivity contribution < 1.29 is 9.90 Å². The van der Waals surface area contributed by atoms with Crippen LogP contribution in [-0.4, -0.2) is 31.1 Å². The van der Waals surface area contributed by atoms with Gasteiger partial charge >= 0.3 is 5.97 Å². The first-order valence-corrected chi connectivity index (χ1v) is 3.84. The van der Waals surface area contributed by atoms with Crippen molar-refractivity contribution in [2.45, 2.75) is 0 Å². The third-order valence-electron chi connectivity index (χ3n) is 1.63. The number of carbonyl (C=O) groups is 1. The third kappa shape index (κ3) is 1.33. The molecule has 0 aromatic carbocycles. The molecule has 2 heterocycles. The maximum absolute atomic E-state index is 10.7. The van der Waals surface area contributed by atoms with Gasteiger partial charge in [-0.25, -0.2) is 9.78 Å². The SMILES string of the molecule is O=C(O)c1cnnn1-c1ccccn1. The molecule has 0 aliphatic rings. The summed E-state index contributed by atoms with van der Waals surface area (Å²) in [5.74, 6) is -0.650. The summed E-state index contributed by atoms with van der Waals surface area (Å²) in [6, 6.07) is 5.14. The summed E-state index contributed by atoms with van der Waals surface area (Å²) in [6.45, 7) is 0. The number of pyridine rings is 1. The van der Waals surface area contributed by atoms with Gasteiger partial charge in [-0.05, 0) is 12.1 Å². The number of rotatable bonds is 2. The molecule has 0 saturated heterocycles. The Morgan fingerprint density at radius 2 is 2.29 bits per heavy atom. The van der Waals surface area contributed by atoms with Crippen LogP contribution in [0.4, 0.5) is 0 Å². The fourth-order valence-corrected chi connectivity index (χ4v) is 1.03. The van der Waals surface area contributed by atoms with Gasteiger partial charge in [0.05, 0.1) is 6.20 Å². The molecule has 0 bridgehead atoms. The molecule has 14 heavy (non-hydrogen) atoms. The summed E-state index contributed by atoms with van der Waals surface area (Å²) >= 11 is 0. The highest BCUT2D eigenvalue weighted by molar-refractivity contribution is 5.85. The Bertz CT molecular complexity index is 451. The Labute approximate surface area is 78.8 Å². The van der Waals surface area contributed by atoms with Gasteiger partial charge in [0, 0.05) is 6.20 Å². The van der Waals surface area contributed by atoms with Gasteiger partial charge in [-0.3, -0.25) is 0 Å². The van der Waals surface area contributed by atoms with Gasteiger partial charge < -0.3 is 5.11 Å². The van der Waals surface area contributed by atoms with Crippen LogP contribution in [0.15, 0.2) is 30.6 Å². The van der Waals surface area contributed by atoms with Crippen LogP contribution < -0.4 is 0 Å². The Hall–Kier alpha value is -2.24. The van der Waals surface area contributed by atoms with Crippen molar-refractivity contribution in [2.75, 3.05) is 0 Å². The van der Waals surface area contributed by atoms with Gasteiger partial charge in [0.1, 0.15) is 0 Å². The second-order valence-electron chi connectivity index (χ2n) is 2.52. The van der Waals surface area contributed by atoms with E-state index >= 15 is 0 Å². The number of hydrogen-bond acceptors (Lipinski definition) is 4. The van der Waals surface area contributed by atoms with Crippen molar-refractivity contribution in [3.63, 3.8) is 0 Å². The number of nitrogens with zero attached hydrogens (tertiary/aromatic N) is 4. The van der Waals surface area contributed by atoms with Gasteiger partial charge in [-0.1, -0.05) is 11.3 Å². The van der Waals surface area contributed by atoms with Crippen molar-refractivity contribution in [1.29, 1.82) is 0 Å². The van der Waals surface area contributed by atoms with Gasteiger partial charge in [-0.15, -0.1) is 5.10 Å². The van der Waals surface area contributed by atoms with Crippen LogP contribution in [-0.2, 0) is 0 Å². The van der Waals surface area contributed by atoms with Crippen molar-refractivity contribution in [3.8, 4) is 5.82 Å². The van der Waals surface area contributed by atoms with E-state index in [-0.39, 0.29) is 5.69 Å². The van der Waals surface area contributed by atoms with Gasteiger partial charge in [0.15, 0.2) is 11.5 Å². The maximum Gasteiger partial charge on any atom is 0.356 e. The lowest BCUT2D eigenvalue weighted by Gasteiger charge is -1.99. The lowest BCUT2D eigenvalue weighted by Crippen LogP contribution is -2.08. The van der Waals surface area contributed by atoms with E-state index in [1.54, 1.807) is 24.4 Å². The second-order valence-corrected chi connectivity index (χ2v) is 2.52. The molecular formula is C8H6N4O2. The number of aromatic carboxylic acids is 1. The molecule has 0 radical (unpaired) electrons. The fourth-order valence-electron chi connectivity index (χ4n) is 1.03. The molecule has 0 fully saturated rings. The van der Waals surface area contributed by atoms with E-state index in [9.17, 15) is 4.79 Å². The predicted molar refractivity (Wildman–Crippen MR) is 46.1 cm³/mol. The molecule has 70 valence electrons. The van der Waals surface area contributed by atoms with E-state index in [4.69, 9.17) is 5.11 Å². The normalized spacial score (nSPS) is 10.0. The quantitative estimate of drug-likeness (QED) is 0.739. The summed E-state index contributed by atoms with van der Waals surface area (Å²) in [5.41, 5.74) is -0.0105. The second kappa shape index (κ2) is 3.25. The van der Waals surface area contributed by atoms with Gasteiger partial charge in [0.25, 0.3) is 0 Å². The minimum Gasteiger partial charge on any atom is -0.476 e. The summed E-state index contributed by atoms with van der Waals surface area (Å²) in [6.07, 6.45) is 2.74. The largest absolute Gasteiger partial charge is 0.476 e. The Morgan fingerprint density at radius 3 is 2.93 bits per heavy atom. The average molecular weight is 190 g/mol. The maximum atomic E-state index is 10.7. The van der Waals surface area contributed by atoms with E-state index in [1.165, 1.54) is 10.9 Å².